The third-order valence-corrected chi connectivity index (χ3v) is 10.5. The van der Waals surface area contributed by atoms with Gasteiger partial charge in [-0.05, 0) is 38.5 Å². The summed E-state index contributed by atoms with van der Waals surface area (Å²) in [4.78, 5) is 37.6. The first-order valence-corrected chi connectivity index (χ1v) is 23.6. The van der Waals surface area contributed by atoms with Crippen LogP contribution in [0.25, 0.3) is 0 Å². The van der Waals surface area contributed by atoms with Crippen LogP contribution in [0.3, 0.4) is 0 Å². The summed E-state index contributed by atoms with van der Waals surface area (Å²) >= 11 is 0. The van der Waals surface area contributed by atoms with E-state index in [4.69, 9.17) is 23.3 Å². The van der Waals surface area contributed by atoms with Crippen molar-refractivity contribution < 1.29 is 46.8 Å². The minimum atomic E-state index is -4.66. The summed E-state index contributed by atoms with van der Waals surface area (Å²) in [5.41, 5.74) is 0. The van der Waals surface area contributed by atoms with E-state index in [9.17, 15) is 19.0 Å². The van der Waals surface area contributed by atoms with Crippen molar-refractivity contribution in [2.24, 2.45) is 0 Å². The summed E-state index contributed by atoms with van der Waals surface area (Å²) < 4.78 is 39.6. The molecular formula is C46H80NO9P. The number of ether oxygens (including phenoxy) is 3. The molecule has 1 fully saturated rings. The largest absolute Gasteiger partial charge is 0.756 e. The van der Waals surface area contributed by atoms with E-state index in [1.165, 1.54) is 77.0 Å². The number of allylic oxidation sites excluding steroid dienone is 9. The summed E-state index contributed by atoms with van der Waals surface area (Å²) in [5.74, 6) is -0.933. The zero-order valence-electron chi connectivity index (χ0n) is 36.5. The molecule has 0 N–H and O–H groups in total. The van der Waals surface area contributed by atoms with Crippen LogP contribution in [0.4, 0.5) is 0 Å². The minimum absolute atomic E-state index is 0.0159. The highest BCUT2D eigenvalue weighted by Crippen LogP contribution is 2.38. The van der Waals surface area contributed by atoms with Crippen molar-refractivity contribution in [3.05, 3.63) is 60.8 Å². The average Bonchev–Trinajstić information content (AvgIpc) is 3.91. The number of unbranched alkanes of at least 4 members (excludes halogenated alkanes) is 14. The Morgan fingerprint density at radius 1 is 0.684 bits per heavy atom. The number of hydrogen-bond acceptors (Lipinski definition) is 9. The van der Waals surface area contributed by atoms with Gasteiger partial charge in [0.2, 0.25) is 0 Å². The lowest BCUT2D eigenvalue weighted by Gasteiger charge is -2.28. The molecule has 0 saturated carbocycles. The van der Waals surface area contributed by atoms with E-state index < -0.39 is 32.5 Å². The van der Waals surface area contributed by atoms with Gasteiger partial charge in [-0.2, -0.15) is 0 Å². The SMILES string of the molecule is CC/C=C\C/C=C\C\C=C/C=C/C=C/C1OC1CCCC(=O)OC(COC(=O)CCCCCCCCCCCCCCCCC)COP(=O)([O-])OCC[N+](C)(C)C. The molecule has 4 unspecified atom stereocenters. The Kier molecular flexibility index (Phi) is 31.9. The fourth-order valence-electron chi connectivity index (χ4n) is 5.98. The van der Waals surface area contributed by atoms with Crippen molar-refractivity contribution >= 4 is 19.8 Å². The van der Waals surface area contributed by atoms with Crippen LogP contribution in [0.2, 0.25) is 0 Å². The van der Waals surface area contributed by atoms with Gasteiger partial charge in [-0.3, -0.25) is 14.2 Å². The molecule has 1 heterocycles. The van der Waals surface area contributed by atoms with Gasteiger partial charge in [0, 0.05) is 12.8 Å². The maximum absolute atomic E-state index is 12.7. The number of phosphoric ester groups is 1. The van der Waals surface area contributed by atoms with Crippen molar-refractivity contribution in [3.8, 4) is 0 Å². The van der Waals surface area contributed by atoms with E-state index in [1.54, 1.807) is 0 Å². The Morgan fingerprint density at radius 2 is 1.25 bits per heavy atom. The molecule has 4 atom stereocenters. The lowest BCUT2D eigenvalue weighted by molar-refractivity contribution is -0.870. The van der Waals surface area contributed by atoms with Gasteiger partial charge >= 0.3 is 11.9 Å². The van der Waals surface area contributed by atoms with E-state index in [0.717, 1.165) is 38.5 Å². The maximum atomic E-state index is 12.7. The van der Waals surface area contributed by atoms with Crippen molar-refractivity contribution in [3.63, 3.8) is 0 Å². The number of phosphoric acid groups is 1. The van der Waals surface area contributed by atoms with E-state index in [0.29, 0.717) is 23.9 Å². The van der Waals surface area contributed by atoms with Crippen LogP contribution < -0.4 is 4.89 Å². The van der Waals surface area contributed by atoms with Gasteiger partial charge in [-0.25, -0.2) is 0 Å². The van der Waals surface area contributed by atoms with Crippen LogP contribution in [0.15, 0.2) is 60.8 Å². The number of nitrogens with zero attached hydrogens (tertiary/aromatic N) is 1. The van der Waals surface area contributed by atoms with Gasteiger partial charge < -0.3 is 32.6 Å². The number of carbonyl (C=O) groups is 2. The fourth-order valence-corrected chi connectivity index (χ4v) is 6.70. The number of epoxide rings is 1. The molecule has 1 rings (SSSR count). The Hall–Kier alpha value is -2.33. The van der Waals surface area contributed by atoms with E-state index in [1.807, 2.05) is 51.5 Å². The minimum Gasteiger partial charge on any atom is -0.756 e. The van der Waals surface area contributed by atoms with Gasteiger partial charge in [-0.15, -0.1) is 0 Å². The predicted octanol–water partition coefficient (Wildman–Crippen LogP) is 10.8. The Balaban J connectivity index is 2.36. The summed E-state index contributed by atoms with van der Waals surface area (Å²) in [6.45, 7) is 3.99. The predicted molar refractivity (Wildman–Crippen MR) is 231 cm³/mol. The van der Waals surface area contributed by atoms with Crippen molar-refractivity contribution in [1.82, 2.24) is 0 Å². The topological polar surface area (TPSA) is 124 Å². The average molecular weight is 822 g/mol. The smallest absolute Gasteiger partial charge is 0.306 e. The quantitative estimate of drug-likeness (QED) is 0.0114. The van der Waals surface area contributed by atoms with E-state index in [-0.39, 0.29) is 38.3 Å². The number of carbonyl (C=O) groups excluding carboxylic acids is 2. The van der Waals surface area contributed by atoms with Gasteiger partial charge in [0.1, 0.15) is 25.9 Å². The Labute approximate surface area is 347 Å². The number of likely N-dealkylation sites (N-methyl/N-ethyl adjacent to an activating group) is 1. The Morgan fingerprint density at radius 3 is 1.86 bits per heavy atom. The van der Waals surface area contributed by atoms with Gasteiger partial charge in [0.15, 0.2) is 6.10 Å². The fraction of sp³-hybridized carbons (Fsp3) is 0.739. The number of rotatable bonds is 38. The molecule has 0 bridgehead atoms. The highest BCUT2D eigenvalue weighted by atomic mass is 31.2. The van der Waals surface area contributed by atoms with Crippen molar-refractivity contribution in [1.29, 1.82) is 0 Å². The first kappa shape index (κ1) is 52.7. The molecule has 0 aromatic carbocycles. The second kappa shape index (κ2) is 34.5. The van der Waals surface area contributed by atoms with Gasteiger partial charge in [0.05, 0.1) is 33.9 Å². The van der Waals surface area contributed by atoms with Gasteiger partial charge in [0.25, 0.3) is 7.82 Å². The molecule has 328 valence electrons. The normalized spacial score (nSPS) is 17.7. The van der Waals surface area contributed by atoms with Crippen LogP contribution in [-0.4, -0.2) is 82.2 Å². The molecule has 0 radical (unpaired) electrons. The maximum Gasteiger partial charge on any atom is 0.306 e. The molecule has 1 aliphatic heterocycles. The van der Waals surface area contributed by atoms with Crippen LogP contribution in [0, 0.1) is 0 Å². The monoisotopic (exact) mass is 822 g/mol. The molecule has 1 saturated heterocycles. The lowest BCUT2D eigenvalue weighted by Crippen LogP contribution is -2.37. The highest BCUT2D eigenvalue weighted by Gasteiger charge is 2.35. The number of hydrogen-bond donors (Lipinski definition) is 0. The molecule has 1 aliphatic rings. The zero-order valence-corrected chi connectivity index (χ0v) is 37.4. The molecule has 0 aromatic heterocycles. The zero-order chi connectivity index (χ0) is 41.9. The molecule has 10 nitrogen and oxygen atoms in total. The second-order valence-electron chi connectivity index (χ2n) is 16.1. The molecule has 0 aliphatic carbocycles. The summed E-state index contributed by atoms with van der Waals surface area (Å²) in [7, 11) is 1.10. The van der Waals surface area contributed by atoms with Crippen molar-refractivity contribution in [2.45, 2.75) is 173 Å². The van der Waals surface area contributed by atoms with E-state index in [2.05, 4.69) is 44.2 Å². The summed E-state index contributed by atoms with van der Waals surface area (Å²) in [5, 5.41) is 0. The standard InChI is InChI=1S/C46H80NO9P/c1-6-8-10-12-14-16-18-20-21-22-24-26-28-30-32-36-45(48)52-40-42(41-54-57(50,51)53-39-38-47(3,4)5)55-46(49)37-33-35-44-43(56-44)34-31-29-27-25-23-19-17-15-13-11-9-7-2/h9,11,15,17,23,25,27,29,31,34,42-44H,6-8,10,12-14,16,18-22,24,26,28,30,32-33,35-41H2,1-5H3/b11-9-,17-15-,25-23-,29-27+,34-31+. The first-order chi connectivity index (χ1) is 27.5. The summed E-state index contributed by atoms with van der Waals surface area (Å²) in [6.07, 6.45) is 42.7. The third kappa shape index (κ3) is 35.3. The lowest BCUT2D eigenvalue weighted by atomic mass is 10.0. The van der Waals surface area contributed by atoms with Crippen LogP contribution in [0.5, 0.6) is 0 Å². The highest BCUT2D eigenvalue weighted by molar-refractivity contribution is 7.45. The molecular weight excluding hydrogens is 741 g/mol. The molecule has 57 heavy (non-hydrogen) atoms. The van der Waals surface area contributed by atoms with Crippen LogP contribution >= 0.6 is 7.82 Å². The molecule has 0 amide bonds. The summed E-state index contributed by atoms with van der Waals surface area (Å²) in [6, 6.07) is 0. The van der Waals surface area contributed by atoms with E-state index >= 15 is 0 Å². The number of quaternary nitrogens is 1. The number of esters is 2. The molecule has 11 heteroatoms. The van der Waals surface area contributed by atoms with Crippen molar-refractivity contribution in [2.75, 3.05) is 47.5 Å². The molecule has 0 aromatic rings. The third-order valence-electron chi connectivity index (χ3n) is 9.52. The van der Waals surface area contributed by atoms with Crippen LogP contribution in [-0.2, 0) is 37.4 Å². The van der Waals surface area contributed by atoms with Gasteiger partial charge in [-0.1, -0.05) is 164 Å². The molecule has 0 spiro atoms. The Bertz CT molecular complexity index is 1220. The second-order valence-corrected chi connectivity index (χ2v) is 17.5. The first-order valence-electron chi connectivity index (χ1n) is 22.2. The van der Waals surface area contributed by atoms with Crippen LogP contribution in [0.1, 0.15) is 155 Å².